The largest absolute Gasteiger partial charge is 0.494 e. The average molecular weight is 237 g/mol. The van der Waals surface area contributed by atoms with Crippen molar-refractivity contribution >= 4 is 28.2 Å². The highest BCUT2D eigenvalue weighted by molar-refractivity contribution is 6.36. The van der Waals surface area contributed by atoms with Gasteiger partial charge in [-0.1, -0.05) is 11.6 Å². The van der Waals surface area contributed by atoms with Crippen LogP contribution in [0.4, 0.5) is 5.69 Å². The van der Waals surface area contributed by atoms with Crippen LogP contribution in [-0.4, -0.2) is 19.1 Å². The van der Waals surface area contributed by atoms with E-state index in [1.165, 1.54) is 0 Å². The Morgan fingerprint density at radius 1 is 1.38 bits per heavy atom. The van der Waals surface area contributed by atoms with Gasteiger partial charge in [-0.2, -0.15) is 0 Å². The van der Waals surface area contributed by atoms with E-state index < -0.39 is 0 Å². The van der Waals surface area contributed by atoms with Crippen molar-refractivity contribution in [1.29, 1.82) is 0 Å². The van der Waals surface area contributed by atoms with E-state index in [0.29, 0.717) is 5.02 Å². The SMILES string of the molecule is CNc1cc(C)nc2c(OC)ccc(Cl)c12. The normalized spacial score (nSPS) is 10.5. The van der Waals surface area contributed by atoms with E-state index in [4.69, 9.17) is 16.3 Å². The summed E-state index contributed by atoms with van der Waals surface area (Å²) in [5.41, 5.74) is 2.68. The van der Waals surface area contributed by atoms with Gasteiger partial charge in [0.25, 0.3) is 0 Å². The van der Waals surface area contributed by atoms with Crippen molar-refractivity contribution in [3.05, 3.63) is 28.9 Å². The molecule has 2 aromatic rings. The lowest BCUT2D eigenvalue weighted by molar-refractivity contribution is 0.419. The fraction of sp³-hybridized carbons (Fsp3) is 0.250. The molecule has 1 aromatic heterocycles. The molecule has 0 radical (unpaired) electrons. The number of aromatic nitrogens is 1. The molecule has 1 heterocycles. The number of nitrogens with one attached hydrogen (secondary N) is 1. The van der Waals surface area contributed by atoms with Gasteiger partial charge in [0.05, 0.1) is 12.1 Å². The summed E-state index contributed by atoms with van der Waals surface area (Å²) in [5, 5.41) is 4.69. The minimum Gasteiger partial charge on any atom is -0.494 e. The lowest BCUT2D eigenvalue weighted by Gasteiger charge is -2.11. The minimum atomic E-state index is 0.674. The van der Waals surface area contributed by atoms with Crippen molar-refractivity contribution in [2.75, 3.05) is 19.5 Å². The molecule has 0 aliphatic rings. The van der Waals surface area contributed by atoms with Crippen molar-refractivity contribution in [2.24, 2.45) is 0 Å². The summed E-state index contributed by atoms with van der Waals surface area (Å²) in [4.78, 5) is 4.47. The molecule has 0 atom stereocenters. The first-order valence-electron chi connectivity index (χ1n) is 4.99. The van der Waals surface area contributed by atoms with Crippen LogP contribution in [0, 0.1) is 6.92 Å². The number of nitrogens with zero attached hydrogens (tertiary/aromatic N) is 1. The lowest BCUT2D eigenvalue weighted by Crippen LogP contribution is -1.96. The molecule has 0 amide bonds. The zero-order valence-electron chi connectivity index (χ0n) is 9.47. The summed E-state index contributed by atoms with van der Waals surface area (Å²) in [5.74, 6) is 0.736. The monoisotopic (exact) mass is 236 g/mol. The Morgan fingerprint density at radius 3 is 2.75 bits per heavy atom. The van der Waals surface area contributed by atoms with E-state index in [1.807, 2.05) is 32.2 Å². The molecule has 16 heavy (non-hydrogen) atoms. The van der Waals surface area contributed by atoms with Gasteiger partial charge in [0.15, 0.2) is 0 Å². The summed E-state index contributed by atoms with van der Waals surface area (Å²) >= 11 is 6.19. The number of methoxy groups -OCH3 is 1. The molecule has 1 aromatic carbocycles. The van der Waals surface area contributed by atoms with Crippen LogP contribution in [0.5, 0.6) is 5.75 Å². The van der Waals surface area contributed by atoms with Crippen molar-refractivity contribution in [2.45, 2.75) is 6.92 Å². The molecule has 84 valence electrons. The number of ether oxygens (including phenoxy) is 1. The molecule has 0 saturated carbocycles. The molecule has 0 spiro atoms. The van der Waals surface area contributed by atoms with Crippen molar-refractivity contribution in [3.63, 3.8) is 0 Å². The number of hydrogen-bond donors (Lipinski definition) is 1. The third-order valence-electron chi connectivity index (χ3n) is 2.49. The van der Waals surface area contributed by atoms with Crippen LogP contribution in [0.15, 0.2) is 18.2 Å². The summed E-state index contributed by atoms with van der Waals surface area (Å²) in [6.07, 6.45) is 0. The van der Waals surface area contributed by atoms with Crippen LogP contribution in [0.2, 0.25) is 5.02 Å². The number of benzene rings is 1. The smallest absolute Gasteiger partial charge is 0.145 e. The molecule has 3 nitrogen and oxygen atoms in total. The van der Waals surface area contributed by atoms with Crippen LogP contribution in [-0.2, 0) is 0 Å². The first kappa shape index (κ1) is 11.0. The number of fused-ring (bicyclic) bond motifs is 1. The Kier molecular flexibility index (Phi) is 2.88. The van der Waals surface area contributed by atoms with Crippen LogP contribution < -0.4 is 10.1 Å². The maximum absolute atomic E-state index is 6.19. The Bertz CT molecular complexity index is 540. The number of anilines is 1. The third-order valence-corrected chi connectivity index (χ3v) is 2.81. The van der Waals surface area contributed by atoms with Crippen LogP contribution in [0.1, 0.15) is 5.69 Å². The Labute approximate surface area is 99.4 Å². The molecule has 2 rings (SSSR count). The van der Waals surface area contributed by atoms with Crippen molar-refractivity contribution < 1.29 is 4.74 Å². The Balaban J connectivity index is 2.91. The molecule has 0 aliphatic heterocycles. The molecule has 0 saturated heterocycles. The zero-order valence-corrected chi connectivity index (χ0v) is 10.2. The molecule has 0 unspecified atom stereocenters. The standard InChI is InChI=1S/C12H13ClN2O/c1-7-6-9(14-2)11-8(13)4-5-10(16-3)12(11)15-7/h4-6H,1-3H3,(H,14,15). The molecule has 0 aliphatic carbocycles. The fourth-order valence-electron chi connectivity index (χ4n) is 1.77. The van der Waals surface area contributed by atoms with Gasteiger partial charge >= 0.3 is 0 Å². The predicted octanol–water partition coefficient (Wildman–Crippen LogP) is 3.25. The van der Waals surface area contributed by atoms with Gasteiger partial charge in [-0.3, -0.25) is 0 Å². The van der Waals surface area contributed by atoms with Gasteiger partial charge < -0.3 is 10.1 Å². The number of halogens is 1. The number of aryl methyl sites for hydroxylation is 1. The topological polar surface area (TPSA) is 34.2 Å². The molecule has 4 heteroatoms. The maximum atomic E-state index is 6.19. The summed E-state index contributed by atoms with van der Waals surface area (Å²) in [6.45, 7) is 1.95. The van der Waals surface area contributed by atoms with Crippen LogP contribution >= 0.6 is 11.6 Å². The van der Waals surface area contributed by atoms with Gasteiger partial charge in [-0.25, -0.2) is 4.98 Å². The maximum Gasteiger partial charge on any atom is 0.145 e. The summed E-state index contributed by atoms with van der Waals surface area (Å²) in [7, 11) is 3.50. The van der Waals surface area contributed by atoms with Crippen molar-refractivity contribution in [3.8, 4) is 5.75 Å². The van der Waals surface area contributed by atoms with Gasteiger partial charge in [0, 0.05) is 23.8 Å². The second kappa shape index (κ2) is 4.18. The molecular weight excluding hydrogens is 224 g/mol. The van der Waals surface area contributed by atoms with E-state index >= 15 is 0 Å². The second-order valence-electron chi connectivity index (χ2n) is 3.53. The summed E-state index contributed by atoms with van der Waals surface area (Å²) in [6, 6.07) is 5.62. The quantitative estimate of drug-likeness (QED) is 0.869. The number of hydrogen-bond acceptors (Lipinski definition) is 3. The highest BCUT2D eigenvalue weighted by Crippen LogP contribution is 2.35. The van der Waals surface area contributed by atoms with Gasteiger partial charge in [-0.15, -0.1) is 0 Å². The first-order valence-corrected chi connectivity index (χ1v) is 5.36. The van der Waals surface area contributed by atoms with Gasteiger partial charge in [-0.05, 0) is 25.1 Å². The Hall–Kier alpha value is -1.48. The van der Waals surface area contributed by atoms with E-state index in [9.17, 15) is 0 Å². The molecule has 0 fully saturated rings. The van der Waals surface area contributed by atoms with E-state index in [2.05, 4.69) is 10.3 Å². The number of rotatable bonds is 2. The van der Waals surface area contributed by atoms with Crippen molar-refractivity contribution in [1.82, 2.24) is 4.98 Å². The summed E-state index contributed by atoms with van der Waals surface area (Å²) < 4.78 is 5.29. The predicted molar refractivity (Wildman–Crippen MR) is 67.6 cm³/mol. The fourth-order valence-corrected chi connectivity index (χ4v) is 2.02. The number of pyridine rings is 1. The third kappa shape index (κ3) is 1.67. The van der Waals surface area contributed by atoms with Gasteiger partial charge in [0.2, 0.25) is 0 Å². The van der Waals surface area contributed by atoms with E-state index in [-0.39, 0.29) is 0 Å². The zero-order chi connectivity index (χ0) is 11.7. The minimum absolute atomic E-state index is 0.674. The van der Waals surface area contributed by atoms with Crippen LogP contribution in [0.25, 0.3) is 10.9 Å². The van der Waals surface area contributed by atoms with Gasteiger partial charge in [0.1, 0.15) is 11.3 Å². The Morgan fingerprint density at radius 2 is 2.12 bits per heavy atom. The second-order valence-corrected chi connectivity index (χ2v) is 3.94. The first-order chi connectivity index (χ1) is 7.67. The van der Waals surface area contributed by atoms with Crippen LogP contribution in [0.3, 0.4) is 0 Å². The highest BCUT2D eigenvalue weighted by atomic mass is 35.5. The molecule has 1 N–H and O–H groups in total. The lowest BCUT2D eigenvalue weighted by atomic mass is 10.1. The van der Waals surface area contributed by atoms with E-state index in [1.54, 1.807) is 7.11 Å². The highest BCUT2D eigenvalue weighted by Gasteiger charge is 2.11. The molecular formula is C12H13ClN2O. The van der Waals surface area contributed by atoms with E-state index in [0.717, 1.165) is 28.0 Å². The molecule has 0 bridgehead atoms. The average Bonchev–Trinajstić information content (AvgIpc) is 2.28.